The maximum atomic E-state index is 5.31. The van der Waals surface area contributed by atoms with Crippen molar-refractivity contribution in [2.45, 2.75) is 33.1 Å². The van der Waals surface area contributed by atoms with Crippen molar-refractivity contribution >= 4 is 28.7 Å². The quantitative estimate of drug-likeness (QED) is 0.566. The van der Waals surface area contributed by atoms with E-state index in [2.05, 4.69) is 41.5 Å². The zero-order chi connectivity index (χ0) is 16.5. The van der Waals surface area contributed by atoms with Crippen LogP contribution in [0.25, 0.3) is 0 Å². The summed E-state index contributed by atoms with van der Waals surface area (Å²) in [6.07, 6.45) is -0.343. The minimum atomic E-state index is -0.343. The van der Waals surface area contributed by atoms with Gasteiger partial charge in [0.05, 0.1) is 6.04 Å². The summed E-state index contributed by atoms with van der Waals surface area (Å²) in [6.45, 7) is 8.25. The van der Waals surface area contributed by atoms with Gasteiger partial charge in [-0.05, 0) is 57.3 Å². The summed E-state index contributed by atoms with van der Waals surface area (Å²) in [6, 6.07) is 8.18. The number of rotatable bonds is 8. The smallest absolute Gasteiger partial charge is 0.176 e. The highest BCUT2D eigenvalue weighted by Crippen LogP contribution is 2.17. The van der Waals surface area contributed by atoms with Crippen LogP contribution in [0.3, 0.4) is 0 Å². The molecule has 0 saturated carbocycles. The first-order chi connectivity index (χ1) is 10.5. The minimum Gasteiger partial charge on any atom is -0.372 e. The lowest BCUT2D eigenvalue weighted by Gasteiger charge is -2.24. The van der Waals surface area contributed by atoms with Gasteiger partial charge >= 0.3 is 0 Å². The van der Waals surface area contributed by atoms with Crippen LogP contribution in [0.15, 0.2) is 24.3 Å². The van der Waals surface area contributed by atoms with Crippen molar-refractivity contribution in [1.29, 1.82) is 0 Å². The van der Waals surface area contributed by atoms with Gasteiger partial charge in [0.25, 0.3) is 0 Å². The molecular weight excluding hydrogens is 298 g/mol. The molecule has 0 aromatic heterocycles. The molecule has 0 amide bonds. The van der Waals surface area contributed by atoms with E-state index in [-0.39, 0.29) is 12.3 Å². The van der Waals surface area contributed by atoms with E-state index in [1.54, 1.807) is 14.2 Å². The number of nitrogens with one attached hydrogen (secondary N) is 2. The van der Waals surface area contributed by atoms with Crippen LogP contribution in [0, 0.1) is 0 Å². The van der Waals surface area contributed by atoms with Gasteiger partial charge in [-0.25, -0.2) is 0 Å². The average Bonchev–Trinajstić information content (AvgIpc) is 2.51. The summed E-state index contributed by atoms with van der Waals surface area (Å²) in [5, 5.41) is 6.86. The fourth-order valence-electron chi connectivity index (χ4n) is 2.29. The van der Waals surface area contributed by atoms with Crippen molar-refractivity contribution in [3.05, 3.63) is 24.3 Å². The average molecular weight is 325 g/mol. The van der Waals surface area contributed by atoms with Crippen LogP contribution in [-0.4, -0.2) is 44.8 Å². The molecular formula is C16H27N3O2S. The fourth-order valence-corrected chi connectivity index (χ4v) is 2.59. The number of benzene rings is 1. The lowest BCUT2D eigenvalue weighted by Crippen LogP contribution is -2.44. The van der Waals surface area contributed by atoms with Gasteiger partial charge in [-0.15, -0.1) is 0 Å². The highest BCUT2D eigenvalue weighted by Gasteiger charge is 2.16. The van der Waals surface area contributed by atoms with E-state index in [0.717, 1.165) is 18.8 Å². The van der Waals surface area contributed by atoms with E-state index >= 15 is 0 Å². The van der Waals surface area contributed by atoms with E-state index in [9.17, 15) is 0 Å². The zero-order valence-corrected chi connectivity index (χ0v) is 14.9. The predicted molar refractivity (Wildman–Crippen MR) is 96.6 cm³/mol. The second-order valence-electron chi connectivity index (χ2n) is 4.95. The predicted octanol–water partition coefficient (Wildman–Crippen LogP) is 2.83. The lowest BCUT2D eigenvalue weighted by atomic mass is 10.2. The molecule has 124 valence electrons. The van der Waals surface area contributed by atoms with E-state index in [1.165, 1.54) is 5.69 Å². The van der Waals surface area contributed by atoms with Crippen molar-refractivity contribution in [2.24, 2.45) is 0 Å². The highest BCUT2D eigenvalue weighted by atomic mass is 32.1. The van der Waals surface area contributed by atoms with Crippen molar-refractivity contribution < 1.29 is 9.47 Å². The van der Waals surface area contributed by atoms with Crippen molar-refractivity contribution in [3.8, 4) is 0 Å². The Hall–Kier alpha value is -1.37. The Bertz CT molecular complexity index is 445. The van der Waals surface area contributed by atoms with Gasteiger partial charge in [-0.2, -0.15) is 0 Å². The first kappa shape index (κ1) is 18.7. The molecule has 0 saturated heterocycles. The Kier molecular flexibility index (Phi) is 8.16. The molecule has 0 spiro atoms. The second kappa shape index (κ2) is 9.61. The molecule has 0 fully saturated rings. The van der Waals surface area contributed by atoms with Gasteiger partial charge in [-0.1, -0.05) is 0 Å². The maximum absolute atomic E-state index is 5.31. The van der Waals surface area contributed by atoms with E-state index in [0.29, 0.717) is 5.11 Å². The van der Waals surface area contributed by atoms with Gasteiger partial charge in [0, 0.05) is 38.7 Å². The number of ether oxygens (including phenoxy) is 2. The summed E-state index contributed by atoms with van der Waals surface area (Å²) in [7, 11) is 3.21. The van der Waals surface area contributed by atoms with E-state index in [4.69, 9.17) is 21.7 Å². The molecule has 0 radical (unpaired) electrons. The molecule has 0 aliphatic carbocycles. The van der Waals surface area contributed by atoms with Gasteiger partial charge in [-0.3, -0.25) is 0 Å². The van der Waals surface area contributed by atoms with Crippen LogP contribution >= 0.6 is 12.2 Å². The fraction of sp³-hybridized carbons (Fsp3) is 0.562. The number of methoxy groups -OCH3 is 2. The molecule has 1 atom stereocenters. The van der Waals surface area contributed by atoms with E-state index < -0.39 is 0 Å². The third-order valence-corrected chi connectivity index (χ3v) is 3.71. The second-order valence-corrected chi connectivity index (χ2v) is 5.35. The summed E-state index contributed by atoms with van der Waals surface area (Å²) < 4.78 is 10.4. The van der Waals surface area contributed by atoms with Crippen molar-refractivity contribution in [1.82, 2.24) is 5.32 Å². The maximum Gasteiger partial charge on any atom is 0.176 e. The van der Waals surface area contributed by atoms with Crippen LogP contribution in [-0.2, 0) is 9.47 Å². The normalized spacial score (nSPS) is 12.1. The van der Waals surface area contributed by atoms with Crippen LogP contribution in [0.2, 0.25) is 0 Å². The molecule has 1 aromatic rings. The Morgan fingerprint density at radius 1 is 1.14 bits per heavy atom. The Labute approximate surface area is 139 Å². The van der Waals surface area contributed by atoms with Crippen molar-refractivity contribution in [3.63, 3.8) is 0 Å². The highest BCUT2D eigenvalue weighted by molar-refractivity contribution is 7.80. The van der Waals surface area contributed by atoms with Gasteiger partial charge in [0.1, 0.15) is 0 Å². The van der Waals surface area contributed by atoms with Crippen molar-refractivity contribution in [2.75, 3.05) is 37.5 Å². The monoisotopic (exact) mass is 325 g/mol. The number of thiocarbonyl (C=S) groups is 1. The molecule has 2 N–H and O–H groups in total. The molecule has 0 heterocycles. The summed E-state index contributed by atoms with van der Waals surface area (Å²) in [5.41, 5.74) is 2.16. The van der Waals surface area contributed by atoms with Gasteiger partial charge in [0.2, 0.25) is 0 Å². The topological polar surface area (TPSA) is 45.8 Å². The van der Waals surface area contributed by atoms with Crippen LogP contribution in [0.4, 0.5) is 11.4 Å². The molecule has 5 nitrogen and oxygen atoms in total. The first-order valence-corrected chi connectivity index (χ1v) is 7.94. The lowest BCUT2D eigenvalue weighted by molar-refractivity contribution is -0.116. The Balaban J connectivity index is 2.58. The molecule has 1 unspecified atom stereocenters. The van der Waals surface area contributed by atoms with Crippen LogP contribution in [0.5, 0.6) is 0 Å². The van der Waals surface area contributed by atoms with Crippen LogP contribution < -0.4 is 15.5 Å². The number of hydrogen-bond acceptors (Lipinski definition) is 4. The Morgan fingerprint density at radius 2 is 1.68 bits per heavy atom. The minimum absolute atomic E-state index is 0.0510. The number of nitrogens with zero attached hydrogens (tertiary/aromatic N) is 1. The molecule has 0 aliphatic rings. The number of anilines is 2. The number of hydrogen-bond donors (Lipinski definition) is 2. The largest absolute Gasteiger partial charge is 0.372 e. The molecule has 0 aliphatic heterocycles. The summed E-state index contributed by atoms with van der Waals surface area (Å²) in [4.78, 5) is 2.30. The first-order valence-electron chi connectivity index (χ1n) is 7.53. The Morgan fingerprint density at radius 3 is 2.14 bits per heavy atom. The van der Waals surface area contributed by atoms with Gasteiger partial charge in [0.15, 0.2) is 11.4 Å². The molecule has 6 heteroatoms. The summed E-state index contributed by atoms with van der Waals surface area (Å²) >= 11 is 5.31. The molecule has 0 bridgehead atoms. The standard InChI is InChI=1S/C16H27N3O2S/c1-6-19(7-2)14-10-8-13(9-11-14)18-16(22)17-12(3)15(20-4)21-5/h8-12,15H,6-7H2,1-5H3,(H2,17,18,22). The SMILES string of the molecule is CCN(CC)c1ccc(NC(=S)NC(C)C(OC)OC)cc1. The third kappa shape index (κ3) is 5.44. The third-order valence-electron chi connectivity index (χ3n) is 3.49. The van der Waals surface area contributed by atoms with Crippen LogP contribution in [0.1, 0.15) is 20.8 Å². The van der Waals surface area contributed by atoms with Gasteiger partial charge < -0.3 is 25.0 Å². The molecule has 1 rings (SSSR count). The molecule has 1 aromatic carbocycles. The molecule has 22 heavy (non-hydrogen) atoms. The zero-order valence-electron chi connectivity index (χ0n) is 14.1. The summed E-state index contributed by atoms with van der Waals surface area (Å²) in [5.74, 6) is 0. The van der Waals surface area contributed by atoms with E-state index in [1.807, 2.05) is 19.1 Å².